The van der Waals surface area contributed by atoms with E-state index in [1.165, 1.54) is 12.3 Å². The highest BCUT2D eigenvalue weighted by Gasteiger charge is 2.30. The molecular formula is C18H14F3N5O. The first kappa shape index (κ1) is 18.4. The molecule has 2 amide bonds. The van der Waals surface area contributed by atoms with Crippen LogP contribution in [-0.4, -0.2) is 16.9 Å². The fourth-order valence-corrected chi connectivity index (χ4v) is 2.49. The minimum Gasteiger partial charge on any atom is -0.383 e. The number of nitriles is 1. The first-order valence-electron chi connectivity index (χ1n) is 8.00. The Morgan fingerprint density at radius 1 is 1.30 bits per heavy atom. The molecule has 0 aliphatic heterocycles. The molecule has 1 aliphatic carbocycles. The monoisotopic (exact) mass is 373 g/mol. The molecule has 3 N–H and O–H groups in total. The van der Waals surface area contributed by atoms with Gasteiger partial charge in [-0.05, 0) is 43.2 Å². The number of carbonyl (C=O) groups excluding carboxylic acids is 1. The van der Waals surface area contributed by atoms with Crippen molar-refractivity contribution in [2.24, 2.45) is 10.7 Å². The fraction of sp³-hybridized carbons (Fsp3) is 0.222. The average molecular weight is 373 g/mol. The number of hydrogen-bond acceptors (Lipinski definition) is 3. The van der Waals surface area contributed by atoms with E-state index in [4.69, 9.17) is 11.0 Å². The van der Waals surface area contributed by atoms with Crippen molar-refractivity contribution >= 4 is 17.6 Å². The van der Waals surface area contributed by atoms with Gasteiger partial charge in [-0.3, -0.25) is 4.98 Å². The van der Waals surface area contributed by atoms with Crippen LogP contribution in [0.1, 0.15) is 41.1 Å². The van der Waals surface area contributed by atoms with Crippen LogP contribution in [0.2, 0.25) is 0 Å². The topological polar surface area (TPSA) is 104 Å². The number of benzene rings is 1. The van der Waals surface area contributed by atoms with Gasteiger partial charge in [-0.25, -0.2) is 4.79 Å². The number of nitrogens with one attached hydrogen (secondary N) is 1. The van der Waals surface area contributed by atoms with Gasteiger partial charge >= 0.3 is 12.2 Å². The third kappa shape index (κ3) is 4.41. The van der Waals surface area contributed by atoms with Crippen LogP contribution in [0.25, 0.3) is 0 Å². The van der Waals surface area contributed by atoms with E-state index in [1.807, 2.05) is 6.07 Å². The second-order valence-corrected chi connectivity index (χ2v) is 6.05. The largest absolute Gasteiger partial charge is 0.416 e. The van der Waals surface area contributed by atoms with Crippen LogP contribution < -0.4 is 11.1 Å². The molecule has 6 nitrogen and oxygen atoms in total. The Bertz CT molecular complexity index is 941. The molecule has 1 fully saturated rings. The van der Waals surface area contributed by atoms with Gasteiger partial charge in [0, 0.05) is 23.4 Å². The second-order valence-electron chi connectivity index (χ2n) is 6.05. The van der Waals surface area contributed by atoms with E-state index in [-0.39, 0.29) is 23.0 Å². The lowest BCUT2D eigenvalue weighted by molar-refractivity contribution is -0.137. The van der Waals surface area contributed by atoms with E-state index in [0.717, 1.165) is 37.1 Å². The zero-order chi connectivity index (χ0) is 19.6. The Hall–Kier alpha value is -3.41. The van der Waals surface area contributed by atoms with Gasteiger partial charge in [-0.1, -0.05) is 0 Å². The van der Waals surface area contributed by atoms with Crippen molar-refractivity contribution in [3.8, 4) is 6.07 Å². The van der Waals surface area contributed by atoms with E-state index in [9.17, 15) is 18.0 Å². The first-order chi connectivity index (χ1) is 12.8. The smallest absolute Gasteiger partial charge is 0.383 e. The maximum absolute atomic E-state index is 12.6. The minimum absolute atomic E-state index is 0.106. The number of nitrogens with two attached hydrogens (primary N) is 1. The number of hydrogen-bond donors (Lipinski definition) is 2. The molecule has 1 aromatic heterocycles. The lowest BCUT2D eigenvalue weighted by Crippen LogP contribution is -2.20. The van der Waals surface area contributed by atoms with Gasteiger partial charge in [0.15, 0.2) is 0 Å². The molecule has 138 valence electrons. The van der Waals surface area contributed by atoms with Crippen molar-refractivity contribution in [1.82, 2.24) is 4.98 Å². The predicted octanol–water partition coefficient (Wildman–Crippen LogP) is 3.79. The molecule has 0 bridgehead atoms. The highest BCUT2D eigenvalue weighted by molar-refractivity contribution is 6.07. The lowest BCUT2D eigenvalue weighted by atomic mass is 10.1. The van der Waals surface area contributed by atoms with Crippen LogP contribution in [0.3, 0.4) is 0 Å². The Kier molecular flexibility index (Phi) is 4.81. The number of alkyl halides is 3. The predicted molar refractivity (Wildman–Crippen MR) is 92.1 cm³/mol. The van der Waals surface area contributed by atoms with Gasteiger partial charge in [0.25, 0.3) is 0 Å². The summed E-state index contributed by atoms with van der Waals surface area (Å²) in [6.45, 7) is 0. The molecular weight excluding hydrogens is 359 g/mol. The van der Waals surface area contributed by atoms with E-state index in [1.54, 1.807) is 0 Å². The van der Waals surface area contributed by atoms with Crippen molar-refractivity contribution in [1.29, 1.82) is 5.26 Å². The van der Waals surface area contributed by atoms with Crippen LogP contribution in [0.4, 0.5) is 23.7 Å². The number of halogens is 3. The molecule has 1 aromatic carbocycles. The summed E-state index contributed by atoms with van der Waals surface area (Å²) < 4.78 is 37.7. The van der Waals surface area contributed by atoms with Gasteiger partial charge in [-0.2, -0.15) is 23.4 Å². The molecule has 0 spiro atoms. The quantitative estimate of drug-likeness (QED) is 0.631. The van der Waals surface area contributed by atoms with Gasteiger partial charge in [-0.15, -0.1) is 0 Å². The maximum Gasteiger partial charge on any atom is 0.416 e. The molecule has 1 saturated carbocycles. The van der Waals surface area contributed by atoms with Crippen molar-refractivity contribution in [3.63, 3.8) is 0 Å². The highest BCUT2D eigenvalue weighted by Crippen LogP contribution is 2.40. The van der Waals surface area contributed by atoms with Crippen LogP contribution >= 0.6 is 0 Å². The molecule has 27 heavy (non-hydrogen) atoms. The van der Waals surface area contributed by atoms with Crippen LogP contribution in [0, 0.1) is 11.3 Å². The van der Waals surface area contributed by atoms with Gasteiger partial charge < -0.3 is 11.1 Å². The minimum atomic E-state index is -4.46. The Balaban J connectivity index is 1.78. The number of amidine groups is 1. The number of pyridine rings is 1. The Morgan fingerprint density at radius 3 is 2.52 bits per heavy atom. The number of carbonyl (C=O) groups is 1. The summed E-state index contributed by atoms with van der Waals surface area (Å²) in [5.74, 6) is 0.116. The number of anilines is 1. The third-order valence-electron chi connectivity index (χ3n) is 3.97. The summed E-state index contributed by atoms with van der Waals surface area (Å²) in [5, 5.41) is 11.4. The number of urea groups is 1. The van der Waals surface area contributed by atoms with Gasteiger partial charge in [0.2, 0.25) is 0 Å². The summed E-state index contributed by atoms with van der Waals surface area (Å²) in [7, 11) is 0. The Morgan fingerprint density at radius 2 is 1.96 bits per heavy atom. The number of aromatic nitrogens is 1. The van der Waals surface area contributed by atoms with Crippen LogP contribution in [0.15, 0.2) is 41.5 Å². The number of rotatable bonds is 3. The molecule has 2 aromatic rings. The maximum atomic E-state index is 12.6. The molecule has 0 saturated heterocycles. The molecule has 3 rings (SSSR count). The summed E-state index contributed by atoms with van der Waals surface area (Å²) in [6, 6.07) is 6.60. The number of aliphatic imine (C=N–C) groups is 1. The molecule has 0 atom stereocenters. The van der Waals surface area contributed by atoms with Crippen LogP contribution in [0.5, 0.6) is 0 Å². The molecule has 9 heteroatoms. The SMILES string of the molecule is N#Cc1cnc(C2CC2)c(/C(N)=N/C(=O)Nc2ccc(C(F)(F)F)cc2)c1. The Labute approximate surface area is 152 Å². The van der Waals surface area contributed by atoms with Crippen molar-refractivity contribution < 1.29 is 18.0 Å². The van der Waals surface area contributed by atoms with Gasteiger partial charge in [0.05, 0.1) is 16.8 Å². The highest BCUT2D eigenvalue weighted by atomic mass is 19.4. The molecule has 1 heterocycles. The second kappa shape index (κ2) is 7.07. The standard InChI is InChI=1S/C18H14F3N5O/c19-18(20,21)12-3-5-13(6-4-12)25-17(27)26-16(23)14-7-10(8-22)9-24-15(14)11-1-2-11/h3-7,9,11H,1-2H2,(H3,23,25,26,27). The summed E-state index contributed by atoms with van der Waals surface area (Å²) >= 11 is 0. The van der Waals surface area contributed by atoms with E-state index >= 15 is 0 Å². The number of nitrogens with zero attached hydrogens (tertiary/aromatic N) is 3. The van der Waals surface area contributed by atoms with E-state index in [0.29, 0.717) is 11.3 Å². The normalized spacial score (nSPS) is 14.5. The third-order valence-corrected chi connectivity index (χ3v) is 3.97. The van der Waals surface area contributed by atoms with Crippen molar-refractivity contribution in [2.45, 2.75) is 24.9 Å². The summed E-state index contributed by atoms with van der Waals surface area (Å²) in [6.07, 6.45) is -1.14. The van der Waals surface area contributed by atoms with E-state index in [2.05, 4.69) is 15.3 Å². The first-order valence-corrected chi connectivity index (χ1v) is 8.00. The molecule has 1 aliphatic rings. The zero-order valence-corrected chi connectivity index (χ0v) is 13.9. The van der Waals surface area contributed by atoms with Crippen molar-refractivity contribution in [3.05, 3.63) is 58.9 Å². The van der Waals surface area contributed by atoms with E-state index < -0.39 is 17.8 Å². The fourth-order valence-electron chi connectivity index (χ4n) is 2.49. The summed E-state index contributed by atoms with van der Waals surface area (Å²) in [5.41, 5.74) is 6.62. The van der Waals surface area contributed by atoms with Gasteiger partial charge in [0.1, 0.15) is 11.9 Å². The average Bonchev–Trinajstić information content (AvgIpc) is 3.45. The van der Waals surface area contributed by atoms with Crippen molar-refractivity contribution in [2.75, 3.05) is 5.32 Å². The molecule has 0 radical (unpaired) electrons. The summed E-state index contributed by atoms with van der Waals surface area (Å²) in [4.78, 5) is 20.0. The number of amides is 2. The molecule has 0 unspecified atom stereocenters. The lowest BCUT2D eigenvalue weighted by Gasteiger charge is -2.09. The van der Waals surface area contributed by atoms with Crippen LogP contribution in [-0.2, 0) is 6.18 Å². The zero-order valence-electron chi connectivity index (χ0n) is 13.9.